The molecule has 0 bridgehead atoms. The third kappa shape index (κ3) is 4.54. The molecule has 0 saturated heterocycles. The van der Waals surface area contributed by atoms with Crippen molar-refractivity contribution in [3.05, 3.63) is 102 Å². The molecule has 0 radical (unpaired) electrons. The van der Waals surface area contributed by atoms with E-state index in [1.807, 2.05) is 60.7 Å². The van der Waals surface area contributed by atoms with E-state index in [0.717, 1.165) is 11.1 Å². The first-order valence-electron chi connectivity index (χ1n) is 8.27. The monoisotopic (exact) mass is 345 g/mol. The number of nitrogens with zero attached hydrogens (tertiary/aromatic N) is 2. The van der Waals surface area contributed by atoms with Gasteiger partial charge in [0.1, 0.15) is 0 Å². The van der Waals surface area contributed by atoms with E-state index in [0.29, 0.717) is 5.56 Å². The summed E-state index contributed by atoms with van der Waals surface area (Å²) in [7, 11) is 0. The smallest absolute Gasteiger partial charge is 0.336 e. The van der Waals surface area contributed by atoms with Crippen LogP contribution in [0, 0.1) is 0 Å². The molecule has 0 saturated carbocycles. The second-order valence-corrected chi connectivity index (χ2v) is 5.75. The number of nitrogens with two attached hydrogens (primary N) is 1. The number of rotatable bonds is 6. The Hall–Kier alpha value is -3.47. The normalized spacial score (nSPS) is 11.3. The highest BCUT2D eigenvalue weighted by Crippen LogP contribution is 2.28. The first-order valence-corrected chi connectivity index (χ1v) is 8.27. The van der Waals surface area contributed by atoms with Crippen LogP contribution in [0.2, 0.25) is 0 Å². The lowest BCUT2D eigenvalue weighted by molar-refractivity contribution is -0.143. The molecule has 5 heteroatoms. The van der Waals surface area contributed by atoms with E-state index in [2.05, 4.69) is 10.1 Å². The van der Waals surface area contributed by atoms with Gasteiger partial charge in [0, 0.05) is 23.9 Å². The number of pyridine rings is 1. The maximum atomic E-state index is 12.3. The Kier molecular flexibility index (Phi) is 5.72. The zero-order chi connectivity index (χ0) is 18.2. The molecule has 130 valence electrons. The van der Waals surface area contributed by atoms with Gasteiger partial charge in [0.2, 0.25) is 0 Å². The average Bonchev–Trinajstić information content (AvgIpc) is 2.72. The second-order valence-electron chi connectivity index (χ2n) is 5.75. The quantitative estimate of drug-likeness (QED) is 0.321. The zero-order valence-electron chi connectivity index (χ0n) is 14.2. The van der Waals surface area contributed by atoms with E-state index < -0.39 is 5.97 Å². The van der Waals surface area contributed by atoms with Gasteiger partial charge in [0.25, 0.3) is 0 Å². The number of amidine groups is 1. The summed E-state index contributed by atoms with van der Waals surface area (Å²) >= 11 is 0. The van der Waals surface area contributed by atoms with Gasteiger partial charge in [-0.3, -0.25) is 4.98 Å². The van der Waals surface area contributed by atoms with Crippen LogP contribution in [-0.2, 0) is 9.63 Å². The molecule has 3 rings (SSSR count). The molecule has 1 aromatic heterocycles. The topological polar surface area (TPSA) is 77.6 Å². The standard InChI is InChI=1S/C21H19N3O2/c22-21(18-11-13-23-14-12-18)24-26-20(25)15-19(16-7-3-1-4-8-16)17-9-5-2-6-10-17/h1-14,19H,15H2,(H2,22,24). The maximum Gasteiger partial charge on any atom is 0.336 e. The lowest BCUT2D eigenvalue weighted by atomic mass is 9.89. The number of benzene rings is 2. The van der Waals surface area contributed by atoms with Crippen molar-refractivity contribution in [2.45, 2.75) is 12.3 Å². The van der Waals surface area contributed by atoms with E-state index >= 15 is 0 Å². The number of carbonyl (C=O) groups excluding carboxylic acids is 1. The highest BCUT2D eigenvalue weighted by Gasteiger charge is 2.19. The maximum absolute atomic E-state index is 12.3. The summed E-state index contributed by atoms with van der Waals surface area (Å²) in [5.74, 6) is -0.418. The van der Waals surface area contributed by atoms with Gasteiger partial charge in [-0.15, -0.1) is 0 Å². The van der Waals surface area contributed by atoms with Crippen molar-refractivity contribution in [1.82, 2.24) is 4.98 Å². The van der Waals surface area contributed by atoms with Crippen LogP contribution in [0.4, 0.5) is 0 Å². The van der Waals surface area contributed by atoms with Gasteiger partial charge in [0.05, 0.1) is 6.42 Å². The molecule has 2 aromatic carbocycles. The summed E-state index contributed by atoms with van der Waals surface area (Å²) in [6.07, 6.45) is 3.36. The minimum absolute atomic E-state index is 0.109. The summed E-state index contributed by atoms with van der Waals surface area (Å²) in [6, 6.07) is 23.1. The molecule has 0 aliphatic rings. The Morgan fingerprint density at radius 2 is 1.46 bits per heavy atom. The highest BCUT2D eigenvalue weighted by molar-refractivity contribution is 5.97. The van der Waals surface area contributed by atoms with Crippen LogP contribution in [0.15, 0.2) is 90.3 Å². The molecule has 0 amide bonds. The van der Waals surface area contributed by atoms with E-state index in [1.165, 1.54) is 0 Å². The van der Waals surface area contributed by atoms with Gasteiger partial charge < -0.3 is 10.6 Å². The minimum Gasteiger partial charge on any atom is -0.380 e. The van der Waals surface area contributed by atoms with Gasteiger partial charge in [-0.1, -0.05) is 65.8 Å². The summed E-state index contributed by atoms with van der Waals surface area (Å²) < 4.78 is 0. The summed E-state index contributed by atoms with van der Waals surface area (Å²) in [4.78, 5) is 21.3. The lowest BCUT2D eigenvalue weighted by Crippen LogP contribution is -2.16. The van der Waals surface area contributed by atoms with E-state index in [9.17, 15) is 4.79 Å². The van der Waals surface area contributed by atoms with Crippen LogP contribution in [0.3, 0.4) is 0 Å². The fraction of sp³-hybridized carbons (Fsp3) is 0.0952. The molecule has 2 N–H and O–H groups in total. The molecule has 0 atom stereocenters. The Bertz CT molecular complexity index is 826. The number of oxime groups is 1. The van der Waals surface area contributed by atoms with Crippen LogP contribution in [0.1, 0.15) is 29.0 Å². The van der Waals surface area contributed by atoms with Gasteiger partial charge in [-0.05, 0) is 23.3 Å². The molecule has 0 fully saturated rings. The molecule has 5 nitrogen and oxygen atoms in total. The molecule has 3 aromatic rings. The van der Waals surface area contributed by atoms with Gasteiger partial charge in [-0.2, -0.15) is 0 Å². The predicted molar refractivity (Wildman–Crippen MR) is 100 cm³/mol. The number of carbonyl (C=O) groups is 1. The largest absolute Gasteiger partial charge is 0.380 e. The van der Waals surface area contributed by atoms with Crippen molar-refractivity contribution < 1.29 is 9.63 Å². The average molecular weight is 345 g/mol. The minimum atomic E-state index is -0.445. The molecular weight excluding hydrogens is 326 g/mol. The van der Waals surface area contributed by atoms with E-state index in [4.69, 9.17) is 10.6 Å². The van der Waals surface area contributed by atoms with Crippen LogP contribution in [0.25, 0.3) is 0 Å². The summed E-state index contributed by atoms with van der Waals surface area (Å²) in [5.41, 5.74) is 8.58. The van der Waals surface area contributed by atoms with E-state index in [-0.39, 0.29) is 18.2 Å². The predicted octanol–water partition coefficient (Wildman–Crippen LogP) is 3.47. The molecule has 0 aliphatic carbocycles. The zero-order valence-corrected chi connectivity index (χ0v) is 14.2. The van der Waals surface area contributed by atoms with Crippen molar-refractivity contribution in [3.8, 4) is 0 Å². The molecule has 0 aliphatic heterocycles. The first kappa shape index (κ1) is 17.4. The Morgan fingerprint density at radius 1 is 0.923 bits per heavy atom. The third-order valence-corrected chi connectivity index (χ3v) is 4.00. The van der Waals surface area contributed by atoms with Crippen LogP contribution in [0.5, 0.6) is 0 Å². The van der Waals surface area contributed by atoms with Crippen LogP contribution < -0.4 is 5.73 Å². The van der Waals surface area contributed by atoms with Crippen molar-refractivity contribution in [3.63, 3.8) is 0 Å². The molecule has 1 heterocycles. The third-order valence-electron chi connectivity index (χ3n) is 4.00. The number of aromatic nitrogens is 1. The van der Waals surface area contributed by atoms with E-state index in [1.54, 1.807) is 24.5 Å². The number of hydrogen-bond donors (Lipinski definition) is 1. The van der Waals surface area contributed by atoms with Gasteiger partial charge in [-0.25, -0.2) is 4.79 Å². The van der Waals surface area contributed by atoms with Crippen molar-refractivity contribution in [1.29, 1.82) is 0 Å². The van der Waals surface area contributed by atoms with Crippen LogP contribution >= 0.6 is 0 Å². The number of hydrogen-bond acceptors (Lipinski definition) is 4. The van der Waals surface area contributed by atoms with Gasteiger partial charge >= 0.3 is 5.97 Å². The molecule has 0 spiro atoms. The van der Waals surface area contributed by atoms with Crippen LogP contribution in [-0.4, -0.2) is 16.8 Å². The summed E-state index contributed by atoms with van der Waals surface area (Å²) in [6.45, 7) is 0. The molecule has 26 heavy (non-hydrogen) atoms. The first-order chi connectivity index (χ1) is 12.7. The SMILES string of the molecule is NC(=NOC(=O)CC(c1ccccc1)c1ccccc1)c1ccncc1. The Morgan fingerprint density at radius 3 is 2.00 bits per heavy atom. The van der Waals surface area contributed by atoms with Crippen molar-refractivity contribution in [2.75, 3.05) is 0 Å². The lowest BCUT2D eigenvalue weighted by Gasteiger charge is -2.16. The highest BCUT2D eigenvalue weighted by atomic mass is 16.7. The van der Waals surface area contributed by atoms with Crippen molar-refractivity contribution >= 4 is 11.8 Å². The summed E-state index contributed by atoms with van der Waals surface area (Å²) in [5, 5.41) is 3.75. The molecular formula is C21H19N3O2. The van der Waals surface area contributed by atoms with Crippen molar-refractivity contribution in [2.24, 2.45) is 10.9 Å². The fourth-order valence-electron chi connectivity index (χ4n) is 2.68. The van der Waals surface area contributed by atoms with Gasteiger partial charge in [0.15, 0.2) is 5.84 Å². The fourth-order valence-corrected chi connectivity index (χ4v) is 2.68. The molecule has 0 unspecified atom stereocenters. The second kappa shape index (κ2) is 8.58. The Labute approximate surface area is 152 Å². The Balaban J connectivity index is 1.74.